The molecule has 10 heteroatoms. The van der Waals surface area contributed by atoms with E-state index in [0.29, 0.717) is 5.02 Å². The third kappa shape index (κ3) is 4.69. The maximum Gasteiger partial charge on any atom is 0.259 e. The van der Waals surface area contributed by atoms with Gasteiger partial charge in [-0.05, 0) is 48.7 Å². The van der Waals surface area contributed by atoms with E-state index in [-0.39, 0.29) is 38.9 Å². The molecule has 7 nitrogen and oxygen atoms in total. The number of ether oxygens (including phenoxy) is 1. The fourth-order valence-electron chi connectivity index (χ4n) is 4.24. The topological polar surface area (TPSA) is 83.3 Å². The first-order valence-corrected chi connectivity index (χ1v) is 11.7. The molecular formula is C25H21Cl2FN4O3. The number of nitrogens with zero attached hydrogens (tertiary/aromatic N) is 2. The van der Waals surface area contributed by atoms with Gasteiger partial charge < -0.3 is 15.4 Å². The molecule has 0 spiro atoms. The van der Waals surface area contributed by atoms with Crippen molar-refractivity contribution in [3.8, 4) is 5.75 Å². The van der Waals surface area contributed by atoms with Crippen LogP contribution in [0, 0.1) is 5.82 Å². The average molecular weight is 515 g/mol. The molecule has 2 aliphatic rings. The number of carbonyl (C=O) groups is 2. The summed E-state index contributed by atoms with van der Waals surface area (Å²) in [5, 5.41) is 5.88. The first-order chi connectivity index (χ1) is 16.8. The number of amides is 2. The molecule has 1 aliphatic carbocycles. The molecule has 35 heavy (non-hydrogen) atoms. The zero-order valence-electron chi connectivity index (χ0n) is 18.7. The Bertz CT molecular complexity index is 1330. The van der Waals surface area contributed by atoms with E-state index < -0.39 is 17.6 Å². The van der Waals surface area contributed by atoms with E-state index in [1.807, 2.05) is 0 Å². The third-order valence-electron chi connectivity index (χ3n) is 6.27. The summed E-state index contributed by atoms with van der Waals surface area (Å²) < 4.78 is 20.4. The van der Waals surface area contributed by atoms with E-state index in [9.17, 15) is 9.59 Å². The lowest BCUT2D eigenvalue weighted by atomic mass is 10.0. The number of methoxy groups -OCH3 is 1. The summed E-state index contributed by atoms with van der Waals surface area (Å²) in [7, 11) is 1.38. The molecule has 180 valence electrons. The molecule has 2 aromatic carbocycles. The van der Waals surface area contributed by atoms with Crippen molar-refractivity contribution in [2.45, 2.75) is 18.4 Å². The number of carbonyl (C=O) groups excluding carboxylic acids is 2. The second-order valence-electron chi connectivity index (χ2n) is 8.51. The van der Waals surface area contributed by atoms with Crippen LogP contribution >= 0.6 is 23.2 Å². The number of rotatable bonds is 7. The van der Waals surface area contributed by atoms with Gasteiger partial charge in [0.15, 0.2) is 0 Å². The summed E-state index contributed by atoms with van der Waals surface area (Å²) in [5.74, 6) is -1.54. The smallest absolute Gasteiger partial charge is 0.259 e. The summed E-state index contributed by atoms with van der Waals surface area (Å²) in [4.78, 5) is 32.4. The van der Waals surface area contributed by atoms with Crippen molar-refractivity contribution in [3.63, 3.8) is 0 Å². The average Bonchev–Trinajstić information content (AvgIpc) is 3.74. The normalized spacial score (nSPS) is 15.9. The first kappa shape index (κ1) is 23.5. The van der Waals surface area contributed by atoms with Crippen LogP contribution < -0.4 is 15.4 Å². The maximum absolute atomic E-state index is 15.0. The second kappa shape index (κ2) is 9.11. The van der Waals surface area contributed by atoms with Crippen molar-refractivity contribution in [1.29, 1.82) is 0 Å². The molecule has 2 N–H and O–H groups in total. The molecule has 0 bridgehead atoms. The van der Waals surface area contributed by atoms with E-state index in [1.54, 1.807) is 12.1 Å². The fraction of sp³-hybridized carbons (Fsp3) is 0.240. The molecule has 2 fully saturated rings. The Morgan fingerprint density at radius 2 is 1.74 bits per heavy atom. The van der Waals surface area contributed by atoms with Crippen molar-refractivity contribution >= 4 is 46.5 Å². The lowest BCUT2D eigenvalue weighted by Gasteiger charge is -2.18. The molecule has 5 rings (SSSR count). The van der Waals surface area contributed by atoms with E-state index in [4.69, 9.17) is 27.9 Å². The van der Waals surface area contributed by atoms with Gasteiger partial charge in [0.25, 0.3) is 11.8 Å². The van der Waals surface area contributed by atoms with Gasteiger partial charge in [-0.3, -0.25) is 14.5 Å². The lowest BCUT2D eigenvalue weighted by molar-refractivity contribution is 0.102. The van der Waals surface area contributed by atoms with E-state index in [1.165, 1.54) is 43.6 Å². The number of nitrogens with one attached hydrogen (secondary N) is 2. The van der Waals surface area contributed by atoms with Gasteiger partial charge in [-0.1, -0.05) is 29.3 Å². The number of hydrogen-bond donors (Lipinski definition) is 2. The van der Waals surface area contributed by atoms with Crippen LogP contribution in [0.4, 0.5) is 15.9 Å². The van der Waals surface area contributed by atoms with E-state index in [2.05, 4.69) is 20.5 Å². The highest BCUT2D eigenvalue weighted by Crippen LogP contribution is 2.53. The lowest BCUT2D eigenvalue weighted by Crippen LogP contribution is -2.21. The van der Waals surface area contributed by atoms with Gasteiger partial charge in [-0.25, -0.2) is 9.37 Å². The Balaban J connectivity index is 1.42. The van der Waals surface area contributed by atoms with Gasteiger partial charge in [0.1, 0.15) is 17.4 Å². The predicted molar refractivity (Wildman–Crippen MR) is 132 cm³/mol. The highest BCUT2D eigenvalue weighted by Gasteiger charge is 2.53. The number of halogens is 3. The number of benzene rings is 2. The van der Waals surface area contributed by atoms with Crippen LogP contribution in [0.3, 0.4) is 0 Å². The number of anilines is 2. The van der Waals surface area contributed by atoms with E-state index >= 15 is 4.39 Å². The monoisotopic (exact) mass is 514 g/mol. The molecule has 1 aromatic heterocycles. The summed E-state index contributed by atoms with van der Waals surface area (Å²) >= 11 is 12.0. The van der Waals surface area contributed by atoms with Gasteiger partial charge in [-0.2, -0.15) is 0 Å². The van der Waals surface area contributed by atoms with Gasteiger partial charge >= 0.3 is 0 Å². The van der Waals surface area contributed by atoms with Crippen LogP contribution in [-0.4, -0.2) is 41.9 Å². The Hall–Kier alpha value is -3.20. The summed E-state index contributed by atoms with van der Waals surface area (Å²) in [6, 6.07) is 10.6. The molecule has 0 unspecified atom stereocenters. The number of aromatic nitrogens is 1. The zero-order chi connectivity index (χ0) is 24.7. The Labute approximate surface area is 211 Å². The third-order valence-corrected chi connectivity index (χ3v) is 6.71. The van der Waals surface area contributed by atoms with Gasteiger partial charge in [0.2, 0.25) is 0 Å². The predicted octanol–water partition coefficient (Wildman–Crippen LogP) is 5.35. The van der Waals surface area contributed by atoms with Crippen molar-refractivity contribution in [2.75, 3.05) is 30.8 Å². The highest BCUT2D eigenvalue weighted by atomic mass is 35.5. The maximum atomic E-state index is 15.0. The van der Waals surface area contributed by atoms with Crippen LogP contribution in [-0.2, 0) is 5.54 Å². The van der Waals surface area contributed by atoms with Gasteiger partial charge in [0.05, 0.1) is 28.9 Å². The van der Waals surface area contributed by atoms with Gasteiger partial charge in [-0.15, -0.1) is 0 Å². The second-order valence-corrected chi connectivity index (χ2v) is 9.39. The van der Waals surface area contributed by atoms with Crippen LogP contribution in [0.2, 0.25) is 10.0 Å². The molecule has 1 saturated carbocycles. The van der Waals surface area contributed by atoms with Crippen molar-refractivity contribution in [1.82, 2.24) is 9.88 Å². The molecule has 2 amide bonds. The molecule has 0 atom stereocenters. The molecule has 3 aromatic rings. The van der Waals surface area contributed by atoms with Gasteiger partial charge in [0, 0.05) is 35.9 Å². The zero-order valence-corrected chi connectivity index (χ0v) is 20.2. The van der Waals surface area contributed by atoms with Crippen molar-refractivity contribution in [2.24, 2.45) is 0 Å². The standard InChI is InChI=1S/C25H21Cl2FN4O3/c1-35-20-12-16(27)11-18(24(34)30-21-5-3-15(26)13-29-21)22(20)31-23(33)17-4-2-14(10-19(17)28)25(6-7-25)32-8-9-32/h2-5,10-13H,6-9H2,1H3,(H,31,33)(H,29,30,34). The number of pyridine rings is 1. The molecule has 0 radical (unpaired) electrons. The van der Waals surface area contributed by atoms with Crippen molar-refractivity contribution in [3.05, 3.63) is 81.2 Å². The fourth-order valence-corrected chi connectivity index (χ4v) is 4.56. The minimum atomic E-state index is -0.718. The summed E-state index contributed by atoms with van der Waals surface area (Å²) in [5.41, 5.74) is 0.729. The molecule has 2 heterocycles. The van der Waals surface area contributed by atoms with Crippen LogP contribution in [0.15, 0.2) is 48.7 Å². The summed E-state index contributed by atoms with van der Waals surface area (Å²) in [6.45, 7) is 2.02. The largest absolute Gasteiger partial charge is 0.494 e. The Morgan fingerprint density at radius 1 is 1.00 bits per heavy atom. The number of hydrogen-bond acceptors (Lipinski definition) is 5. The Kier molecular flexibility index (Phi) is 6.13. The van der Waals surface area contributed by atoms with Crippen LogP contribution in [0.5, 0.6) is 5.75 Å². The Morgan fingerprint density at radius 3 is 2.34 bits per heavy atom. The van der Waals surface area contributed by atoms with E-state index in [0.717, 1.165) is 31.5 Å². The minimum Gasteiger partial charge on any atom is -0.494 e. The highest BCUT2D eigenvalue weighted by molar-refractivity contribution is 6.32. The SMILES string of the molecule is COc1cc(Cl)cc(C(=O)Nc2ccc(Cl)cn2)c1NC(=O)c1ccc(C2(N3CC3)CC2)cc1F. The quantitative estimate of drug-likeness (QED) is 0.415. The van der Waals surface area contributed by atoms with Crippen LogP contribution in [0.1, 0.15) is 39.1 Å². The van der Waals surface area contributed by atoms with Crippen molar-refractivity contribution < 1.29 is 18.7 Å². The first-order valence-electron chi connectivity index (χ1n) is 11.0. The summed E-state index contributed by atoms with van der Waals surface area (Å²) in [6.07, 6.45) is 3.36. The molecule has 1 saturated heterocycles. The molecule has 1 aliphatic heterocycles. The van der Waals surface area contributed by atoms with Crippen LogP contribution in [0.25, 0.3) is 0 Å². The minimum absolute atomic E-state index is 0.0231. The molecular weight excluding hydrogens is 494 g/mol.